The molecule has 0 atom stereocenters. The van der Waals surface area contributed by atoms with Crippen LogP contribution in [0.4, 0.5) is 0 Å². The van der Waals surface area contributed by atoms with E-state index in [2.05, 4.69) is 39.6 Å². The molecule has 1 nitrogen and oxygen atoms in total. The van der Waals surface area contributed by atoms with Crippen molar-refractivity contribution in [1.29, 1.82) is 0 Å². The molecule has 0 aliphatic heterocycles. The fourth-order valence-electron chi connectivity index (χ4n) is 2.56. The molecule has 0 saturated heterocycles. The Hall–Kier alpha value is 1.01. The number of aliphatic hydroxyl groups excluding tert-OH is 1. The number of halogens is 1. The minimum atomic E-state index is -2.68. The van der Waals surface area contributed by atoms with Crippen molar-refractivity contribution >= 4 is 34.2 Å². The van der Waals surface area contributed by atoms with Crippen molar-refractivity contribution in [3.05, 3.63) is 9.29 Å². The number of aliphatic hydroxyl groups is 1. The van der Waals surface area contributed by atoms with E-state index >= 15 is 0 Å². The summed E-state index contributed by atoms with van der Waals surface area (Å²) in [6.07, 6.45) is 7.07. The van der Waals surface area contributed by atoms with Crippen LogP contribution in [-0.2, 0) is 0 Å². The molecule has 0 aliphatic carbocycles. The summed E-state index contributed by atoms with van der Waals surface area (Å²) in [6, 6.07) is 0. The van der Waals surface area contributed by atoms with Gasteiger partial charge in [-0.25, -0.2) is 0 Å². The van der Waals surface area contributed by atoms with Crippen molar-refractivity contribution in [3.8, 4) is 0 Å². The molecule has 18 heavy (non-hydrogen) atoms. The monoisotopic (exact) mass is 398 g/mol. The quantitative estimate of drug-likeness (QED) is 0.536. The molecule has 0 radical (unpaired) electrons. The Morgan fingerprint density at radius 1 is 1.11 bits per heavy atom. The van der Waals surface area contributed by atoms with Gasteiger partial charge in [0, 0.05) is 0 Å². The molecule has 0 aromatic rings. The first kappa shape index (κ1) is 19.0. The molecule has 4 heteroatoms. The van der Waals surface area contributed by atoms with E-state index in [0.29, 0.717) is 0 Å². The molecular weight excluding hydrogens is 366 g/mol. The zero-order valence-electron chi connectivity index (χ0n) is 12.9. The van der Waals surface area contributed by atoms with Crippen LogP contribution >= 0.6 is 8.92 Å². The Bertz CT molecular complexity index is 253. The van der Waals surface area contributed by atoms with Crippen LogP contribution in [0.3, 0.4) is 0 Å². The van der Waals surface area contributed by atoms with Gasteiger partial charge in [-0.05, 0) is 0 Å². The summed E-state index contributed by atoms with van der Waals surface area (Å²) < 4.78 is 4.06. The van der Waals surface area contributed by atoms with Crippen molar-refractivity contribution in [3.63, 3.8) is 0 Å². The maximum absolute atomic E-state index is 9.33. The molecule has 0 rings (SSSR count). The van der Waals surface area contributed by atoms with Crippen molar-refractivity contribution in [2.75, 3.05) is 6.61 Å². The Morgan fingerprint density at radius 2 is 1.56 bits per heavy atom. The van der Waals surface area contributed by atoms with E-state index in [1.54, 1.807) is 3.21 Å². The van der Waals surface area contributed by atoms with Gasteiger partial charge >= 0.3 is 123 Å². The van der Waals surface area contributed by atoms with Crippen LogP contribution < -0.4 is 0 Å². The number of unbranched alkanes of at least 4 members (excludes halogenated alkanes) is 2. The van der Waals surface area contributed by atoms with Gasteiger partial charge in [-0.15, -0.1) is 0 Å². The van der Waals surface area contributed by atoms with E-state index in [1.165, 1.54) is 34.6 Å². The van der Waals surface area contributed by atoms with Gasteiger partial charge in [0.2, 0.25) is 0 Å². The second kappa shape index (κ2) is 9.04. The van der Waals surface area contributed by atoms with Crippen LogP contribution in [0.1, 0.15) is 39.5 Å². The summed E-state index contributed by atoms with van der Waals surface area (Å²) in [4.78, 5) is 0. The molecule has 0 aliphatic rings. The third-order valence-corrected chi connectivity index (χ3v) is 29.7. The van der Waals surface area contributed by atoms with E-state index in [4.69, 9.17) is 8.92 Å². The number of rotatable bonds is 9. The summed E-state index contributed by atoms with van der Waals surface area (Å²) in [5.41, 5.74) is 0. The van der Waals surface area contributed by atoms with Crippen LogP contribution in [0.25, 0.3) is 0 Å². The predicted molar refractivity (Wildman–Crippen MR) is 89.6 cm³/mol. The van der Waals surface area contributed by atoms with Crippen molar-refractivity contribution in [2.45, 2.75) is 68.0 Å². The Morgan fingerprint density at radius 3 is 1.83 bits per heavy atom. The van der Waals surface area contributed by atoms with E-state index in [0.717, 1.165) is 0 Å². The average molecular weight is 398 g/mol. The van der Waals surface area contributed by atoms with E-state index in [1.807, 2.05) is 0 Å². The van der Waals surface area contributed by atoms with E-state index in [-0.39, 0.29) is 6.61 Å². The van der Waals surface area contributed by atoms with Crippen LogP contribution in [0.15, 0.2) is 9.29 Å². The first-order chi connectivity index (χ1) is 8.31. The van der Waals surface area contributed by atoms with E-state index in [9.17, 15) is 5.11 Å². The molecule has 0 unspecified atom stereocenters. The second-order valence-corrected chi connectivity index (χ2v) is 27.4. The first-order valence-corrected chi connectivity index (χ1v) is 19.9. The van der Waals surface area contributed by atoms with E-state index < -0.39 is 25.3 Å². The molecule has 1 N–H and O–H groups in total. The third kappa shape index (κ3) is 6.44. The van der Waals surface area contributed by atoms with Gasteiger partial charge < -0.3 is 0 Å². The normalized spacial score (nSPS) is 14.1. The van der Waals surface area contributed by atoms with Crippen LogP contribution in [0.5, 0.6) is 0 Å². The molecule has 0 fully saturated rings. The van der Waals surface area contributed by atoms with Crippen LogP contribution in [0, 0.1) is 0 Å². The second-order valence-electron chi connectivity index (χ2n) is 6.22. The zero-order chi connectivity index (χ0) is 14.2. The summed E-state index contributed by atoms with van der Waals surface area (Å²) in [5, 5.41) is 9.33. The first-order valence-electron chi connectivity index (χ1n) is 7.32. The number of hydrogen-bond donors (Lipinski definition) is 1. The van der Waals surface area contributed by atoms with Gasteiger partial charge in [0.15, 0.2) is 0 Å². The summed E-state index contributed by atoms with van der Waals surface area (Å²) in [7, 11) is 5.81. The molecule has 0 aromatic carbocycles. The van der Waals surface area contributed by atoms with Gasteiger partial charge in [0.05, 0.1) is 0 Å². The molecule has 0 aromatic heterocycles. The zero-order valence-corrected chi connectivity index (χ0v) is 17.5. The molecule has 0 spiro atoms. The van der Waals surface area contributed by atoms with Crippen LogP contribution in [-0.4, -0.2) is 37.0 Å². The van der Waals surface area contributed by atoms with Crippen LogP contribution in [0.2, 0.25) is 28.5 Å². The molecule has 0 heterocycles. The van der Waals surface area contributed by atoms with Gasteiger partial charge in [-0.2, -0.15) is 0 Å². The summed E-state index contributed by atoms with van der Waals surface area (Å²) >= 11 is -2.68. The maximum atomic E-state index is 9.33. The SMILES string of the molecule is CCC[CH2][Sn]([Cl])([CH2]CCC)/[C](=C\CO)[Si](C)(C)C. The fraction of sp³-hybridized carbons (Fsp3) is 0.857. The predicted octanol–water partition coefficient (Wildman–Crippen LogP) is 5.11. The summed E-state index contributed by atoms with van der Waals surface area (Å²) in [6.45, 7) is 11.8. The summed E-state index contributed by atoms with van der Waals surface area (Å²) in [5.74, 6) is 0. The molecule has 108 valence electrons. The van der Waals surface area contributed by atoms with Gasteiger partial charge in [-0.1, -0.05) is 0 Å². The fourth-order valence-corrected chi connectivity index (χ4v) is 34.6. The van der Waals surface area contributed by atoms with Gasteiger partial charge in [-0.3, -0.25) is 0 Å². The number of hydrogen-bond acceptors (Lipinski definition) is 1. The van der Waals surface area contributed by atoms with Gasteiger partial charge in [0.1, 0.15) is 0 Å². The van der Waals surface area contributed by atoms with Crippen molar-refractivity contribution in [2.24, 2.45) is 0 Å². The van der Waals surface area contributed by atoms with Crippen molar-refractivity contribution < 1.29 is 5.11 Å². The molecule has 0 saturated carbocycles. The van der Waals surface area contributed by atoms with Crippen molar-refractivity contribution in [1.82, 2.24) is 0 Å². The Kier molecular flexibility index (Phi) is 9.54. The third-order valence-electron chi connectivity index (χ3n) is 3.44. The Labute approximate surface area is 123 Å². The molecule has 0 amide bonds. The molecular formula is C14H31ClOSiSn. The standard InChI is InChI=1S/C6H13OSi.2C4H9.ClH.Sn/c1-8(2,3)6-4-5-7;2*1-3-4-2;;/h4,7H,5H2,1-3H3;2*1,3-4H2,2H3;1H;/q;;;;+1/p-1. The topological polar surface area (TPSA) is 20.2 Å². The molecule has 0 bridgehead atoms. The minimum absolute atomic E-state index is 0.170. The average Bonchev–Trinajstić information content (AvgIpc) is 2.29. The Balaban J connectivity index is 5.15. The van der Waals surface area contributed by atoms with Gasteiger partial charge in [0.25, 0.3) is 0 Å².